The topological polar surface area (TPSA) is 77.5 Å². The van der Waals surface area contributed by atoms with Crippen LogP contribution in [0.5, 0.6) is 0 Å². The monoisotopic (exact) mass is 440 g/mol. The van der Waals surface area contributed by atoms with Crippen molar-refractivity contribution in [2.24, 2.45) is 5.92 Å². The van der Waals surface area contributed by atoms with E-state index in [0.29, 0.717) is 31.9 Å². The summed E-state index contributed by atoms with van der Waals surface area (Å²) in [5.41, 5.74) is -0.524. The van der Waals surface area contributed by atoms with Gasteiger partial charge >= 0.3 is 12.1 Å². The molecule has 3 rings (SSSR count). The van der Waals surface area contributed by atoms with Gasteiger partial charge in [-0.3, -0.25) is 9.69 Å². The van der Waals surface area contributed by atoms with E-state index < -0.39 is 5.60 Å². The zero-order valence-corrected chi connectivity index (χ0v) is 19.8. The fourth-order valence-corrected chi connectivity index (χ4v) is 4.75. The molecule has 0 spiro atoms. The highest BCUT2D eigenvalue weighted by atomic mass is 16.6. The minimum atomic E-state index is -0.524. The maximum absolute atomic E-state index is 12.9. The summed E-state index contributed by atoms with van der Waals surface area (Å²) in [5.74, 6) is -0.0892. The second-order valence-corrected chi connectivity index (χ2v) is 10.0. The first-order valence-electron chi connectivity index (χ1n) is 11.7. The van der Waals surface area contributed by atoms with Crippen molar-refractivity contribution in [2.75, 3.05) is 40.0 Å². The lowest BCUT2D eigenvalue weighted by molar-refractivity contribution is -0.150. The second-order valence-electron chi connectivity index (χ2n) is 10.0. The van der Waals surface area contributed by atoms with E-state index in [9.17, 15) is 9.59 Å². The van der Waals surface area contributed by atoms with Crippen molar-refractivity contribution in [3.8, 4) is 0 Å². The molecule has 1 aliphatic carbocycles. The molecule has 31 heavy (non-hydrogen) atoms. The Morgan fingerprint density at radius 1 is 1.00 bits per heavy atom. The van der Waals surface area contributed by atoms with E-state index >= 15 is 0 Å². The Balaban J connectivity index is 1.52. The molecule has 0 aromatic heterocycles. The van der Waals surface area contributed by atoms with Crippen molar-refractivity contribution in [1.29, 1.82) is 0 Å². The normalized spacial score (nSPS) is 30.2. The Hall–Kier alpha value is -1.38. The van der Waals surface area contributed by atoms with Crippen molar-refractivity contribution in [2.45, 2.75) is 89.7 Å². The van der Waals surface area contributed by atoms with Gasteiger partial charge in [0.1, 0.15) is 5.60 Å². The first-order chi connectivity index (χ1) is 14.7. The van der Waals surface area contributed by atoms with Crippen molar-refractivity contribution in [3.05, 3.63) is 0 Å². The highest BCUT2D eigenvalue weighted by molar-refractivity contribution is 5.72. The molecular weight excluding hydrogens is 400 g/mol. The Bertz CT molecular complexity index is 608. The van der Waals surface area contributed by atoms with Gasteiger partial charge in [0.15, 0.2) is 0 Å². The van der Waals surface area contributed by atoms with Gasteiger partial charge in [0.25, 0.3) is 0 Å². The molecule has 0 radical (unpaired) electrons. The summed E-state index contributed by atoms with van der Waals surface area (Å²) in [7, 11) is 1.75. The van der Waals surface area contributed by atoms with Crippen LogP contribution in [0.3, 0.4) is 0 Å². The van der Waals surface area contributed by atoms with Gasteiger partial charge in [-0.1, -0.05) is 0 Å². The number of nitrogens with zero attached hydrogens (tertiary/aromatic N) is 2. The summed E-state index contributed by atoms with van der Waals surface area (Å²) >= 11 is 0. The number of likely N-dealkylation sites (tertiary alicyclic amines) is 2. The number of rotatable bonds is 7. The molecule has 0 aromatic rings. The summed E-state index contributed by atoms with van der Waals surface area (Å²) in [6.45, 7) is 10.9. The fraction of sp³-hybridized carbons (Fsp3) is 0.913. The number of carbonyl (C=O) groups is 2. The SMILES string of the molecule is CCOC(=O)C1CCC(OC[C@@H]2C[C@H](N3CC(OC)C3)CN2C(=O)OC(C)(C)C)CC1. The predicted molar refractivity (Wildman–Crippen MR) is 116 cm³/mol. The molecule has 0 bridgehead atoms. The molecule has 1 amide bonds. The van der Waals surface area contributed by atoms with Gasteiger partial charge in [0.05, 0.1) is 37.4 Å². The van der Waals surface area contributed by atoms with Crippen LogP contribution in [0.25, 0.3) is 0 Å². The predicted octanol–water partition coefficient (Wildman–Crippen LogP) is 2.83. The number of methoxy groups -OCH3 is 1. The van der Waals surface area contributed by atoms with E-state index in [2.05, 4.69) is 4.90 Å². The zero-order valence-electron chi connectivity index (χ0n) is 19.8. The van der Waals surface area contributed by atoms with E-state index in [4.69, 9.17) is 18.9 Å². The lowest BCUT2D eigenvalue weighted by Gasteiger charge is -2.42. The summed E-state index contributed by atoms with van der Waals surface area (Å²) < 4.78 is 22.5. The lowest BCUT2D eigenvalue weighted by atomic mass is 9.87. The maximum Gasteiger partial charge on any atom is 0.410 e. The van der Waals surface area contributed by atoms with Crippen molar-refractivity contribution in [3.63, 3.8) is 0 Å². The molecule has 8 heteroatoms. The number of hydrogen-bond donors (Lipinski definition) is 0. The van der Waals surface area contributed by atoms with Crippen LogP contribution in [-0.2, 0) is 23.7 Å². The molecule has 0 N–H and O–H groups in total. The largest absolute Gasteiger partial charge is 0.466 e. The average Bonchev–Trinajstić information content (AvgIpc) is 3.09. The number of carbonyl (C=O) groups excluding carboxylic acids is 2. The minimum Gasteiger partial charge on any atom is -0.466 e. The van der Waals surface area contributed by atoms with Crippen LogP contribution >= 0.6 is 0 Å². The molecule has 2 heterocycles. The van der Waals surface area contributed by atoms with E-state index in [1.807, 2.05) is 32.6 Å². The van der Waals surface area contributed by atoms with E-state index in [0.717, 1.165) is 45.2 Å². The van der Waals surface area contributed by atoms with E-state index in [1.165, 1.54) is 0 Å². The average molecular weight is 441 g/mol. The second kappa shape index (κ2) is 10.5. The summed E-state index contributed by atoms with van der Waals surface area (Å²) in [6.07, 6.45) is 4.36. The van der Waals surface area contributed by atoms with Crippen molar-refractivity contribution < 1.29 is 28.5 Å². The van der Waals surface area contributed by atoms with Gasteiger partial charge in [0.2, 0.25) is 0 Å². The van der Waals surface area contributed by atoms with Gasteiger partial charge < -0.3 is 23.8 Å². The lowest BCUT2D eigenvalue weighted by Crippen LogP contribution is -2.56. The van der Waals surface area contributed by atoms with Crippen LogP contribution in [0, 0.1) is 5.92 Å². The number of hydrogen-bond acceptors (Lipinski definition) is 7. The zero-order chi connectivity index (χ0) is 22.6. The Morgan fingerprint density at radius 3 is 2.26 bits per heavy atom. The highest BCUT2D eigenvalue weighted by Crippen LogP contribution is 2.31. The molecule has 178 valence electrons. The molecule has 2 atom stereocenters. The van der Waals surface area contributed by atoms with Crippen LogP contribution < -0.4 is 0 Å². The highest BCUT2D eigenvalue weighted by Gasteiger charge is 2.43. The third kappa shape index (κ3) is 6.56. The maximum atomic E-state index is 12.9. The molecule has 3 fully saturated rings. The summed E-state index contributed by atoms with van der Waals surface area (Å²) in [5, 5.41) is 0. The Labute approximate surface area is 186 Å². The standard InChI is InChI=1S/C23H40N2O6/c1-6-29-21(26)16-7-9-19(10-8-16)30-15-18-11-17(24-13-20(14-24)28-5)12-25(18)22(27)31-23(2,3)4/h16-20H,6-15H2,1-5H3/t16?,17-,18-,19?/m0/s1. The number of ether oxygens (including phenoxy) is 4. The quantitative estimate of drug-likeness (QED) is 0.563. The molecule has 3 aliphatic rings. The van der Waals surface area contributed by atoms with E-state index in [-0.39, 0.29) is 30.1 Å². The third-order valence-electron chi connectivity index (χ3n) is 6.56. The summed E-state index contributed by atoms with van der Waals surface area (Å²) in [4.78, 5) is 29.0. The summed E-state index contributed by atoms with van der Waals surface area (Å²) in [6, 6.07) is 0.316. The Kier molecular flexibility index (Phi) is 8.21. The van der Waals surface area contributed by atoms with Crippen LogP contribution in [0.4, 0.5) is 4.79 Å². The minimum absolute atomic E-state index is 0.00391. The third-order valence-corrected chi connectivity index (χ3v) is 6.56. The smallest absolute Gasteiger partial charge is 0.410 e. The van der Waals surface area contributed by atoms with Crippen LogP contribution in [0.15, 0.2) is 0 Å². The molecule has 2 aliphatic heterocycles. The first-order valence-corrected chi connectivity index (χ1v) is 11.7. The van der Waals surface area contributed by atoms with Gasteiger partial charge in [-0.25, -0.2) is 4.79 Å². The molecule has 1 saturated carbocycles. The fourth-order valence-electron chi connectivity index (χ4n) is 4.75. The van der Waals surface area contributed by atoms with Gasteiger partial charge in [-0.15, -0.1) is 0 Å². The van der Waals surface area contributed by atoms with Crippen LogP contribution in [0.2, 0.25) is 0 Å². The van der Waals surface area contributed by atoms with Crippen molar-refractivity contribution >= 4 is 12.1 Å². The van der Waals surface area contributed by atoms with Gasteiger partial charge in [-0.2, -0.15) is 0 Å². The molecule has 0 aromatic carbocycles. The van der Waals surface area contributed by atoms with Crippen molar-refractivity contribution in [1.82, 2.24) is 9.80 Å². The molecular formula is C23H40N2O6. The van der Waals surface area contributed by atoms with E-state index in [1.54, 1.807) is 7.11 Å². The molecule has 2 saturated heterocycles. The number of esters is 1. The van der Waals surface area contributed by atoms with Gasteiger partial charge in [0, 0.05) is 32.8 Å². The first kappa shape index (κ1) is 24.3. The Morgan fingerprint density at radius 2 is 1.68 bits per heavy atom. The molecule has 0 unspecified atom stereocenters. The molecule has 8 nitrogen and oxygen atoms in total. The number of amides is 1. The van der Waals surface area contributed by atoms with Gasteiger partial charge in [-0.05, 0) is 59.8 Å². The van der Waals surface area contributed by atoms with Crippen LogP contribution in [-0.4, -0.2) is 91.7 Å². The van der Waals surface area contributed by atoms with Crippen LogP contribution in [0.1, 0.15) is 59.8 Å².